The van der Waals surface area contributed by atoms with E-state index in [0.717, 1.165) is 42.4 Å². The molecule has 0 spiro atoms. The van der Waals surface area contributed by atoms with Crippen molar-refractivity contribution in [1.29, 1.82) is 0 Å². The van der Waals surface area contributed by atoms with Crippen molar-refractivity contribution >= 4 is 16.8 Å². The molecule has 2 heterocycles. The number of aromatic nitrogens is 2. The summed E-state index contributed by atoms with van der Waals surface area (Å²) in [5.74, 6) is -0.0322. The third kappa shape index (κ3) is 3.74. The molecule has 4 rings (SSSR count). The summed E-state index contributed by atoms with van der Waals surface area (Å²) in [7, 11) is 0. The van der Waals surface area contributed by atoms with Gasteiger partial charge in [-0.05, 0) is 75.2 Å². The molecule has 0 bridgehead atoms. The molecule has 0 aliphatic carbocycles. The van der Waals surface area contributed by atoms with E-state index in [2.05, 4.69) is 38.6 Å². The first-order valence-electron chi connectivity index (χ1n) is 9.71. The Morgan fingerprint density at radius 1 is 1.11 bits per heavy atom. The van der Waals surface area contributed by atoms with E-state index in [1.54, 1.807) is 0 Å². The van der Waals surface area contributed by atoms with Gasteiger partial charge in [0, 0.05) is 17.0 Å². The molecule has 1 aliphatic heterocycles. The van der Waals surface area contributed by atoms with Crippen LogP contribution in [-0.2, 0) is 0 Å². The van der Waals surface area contributed by atoms with Gasteiger partial charge in [-0.25, -0.2) is 0 Å². The Bertz CT molecular complexity index is 937. The van der Waals surface area contributed by atoms with Crippen LogP contribution in [0.4, 0.5) is 0 Å². The van der Waals surface area contributed by atoms with E-state index < -0.39 is 0 Å². The van der Waals surface area contributed by atoms with E-state index in [1.807, 2.05) is 44.3 Å². The highest BCUT2D eigenvalue weighted by Crippen LogP contribution is 2.28. The van der Waals surface area contributed by atoms with Crippen molar-refractivity contribution in [3.8, 4) is 11.1 Å². The number of piperidine rings is 1. The van der Waals surface area contributed by atoms with Crippen LogP contribution in [-0.4, -0.2) is 34.8 Å². The van der Waals surface area contributed by atoms with Crippen LogP contribution < -0.4 is 10.6 Å². The summed E-state index contributed by atoms with van der Waals surface area (Å²) in [6, 6.07) is 14.9. The Morgan fingerprint density at radius 2 is 1.81 bits per heavy atom. The van der Waals surface area contributed by atoms with Crippen LogP contribution in [0.5, 0.6) is 0 Å². The number of nitrogens with one attached hydrogen (secondary N) is 2. The Morgan fingerprint density at radius 3 is 2.52 bits per heavy atom. The van der Waals surface area contributed by atoms with E-state index in [-0.39, 0.29) is 11.9 Å². The maximum atomic E-state index is 12.1. The first-order valence-corrected chi connectivity index (χ1v) is 9.71. The third-order valence-electron chi connectivity index (χ3n) is 5.15. The standard InChI is InChI=1S/C22H26N4O/c1-15(2)25-22(27)17-5-3-16(4-6-17)18-7-8-21-19(13-18)14-24-26(21)20-9-11-23-12-10-20/h3-8,13-15,20,23H,9-12H2,1-2H3,(H,25,27). The molecule has 0 saturated carbocycles. The Balaban J connectivity index is 1.58. The van der Waals surface area contributed by atoms with Gasteiger partial charge >= 0.3 is 0 Å². The van der Waals surface area contributed by atoms with E-state index in [1.165, 1.54) is 5.52 Å². The number of hydrogen-bond donors (Lipinski definition) is 2. The van der Waals surface area contributed by atoms with E-state index in [4.69, 9.17) is 0 Å². The first kappa shape index (κ1) is 17.7. The highest BCUT2D eigenvalue weighted by Gasteiger charge is 2.17. The van der Waals surface area contributed by atoms with Crippen molar-refractivity contribution in [2.75, 3.05) is 13.1 Å². The Kier molecular flexibility index (Phi) is 4.94. The number of hydrogen-bond acceptors (Lipinski definition) is 3. The molecule has 1 aliphatic rings. The van der Waals surface area contributed by atoms with Gasteiger partial charge in [0.15, 0.2) is 0 Å². The third-order valence-corrected chi connectivity index (χ3v) is 5.15. The highest BCUT2D eigenvalue weighted by molar-refractivity contribution is 5.95. The minimum Gasteiger partial charge on any atom is -0.350 e. The molecule has 1 saturated heterocycles. The van der Waals surface area contributed by atoms with E-state index in [0.29, 0.717) is 11.6 Å². The zero-order valence-corrected chi connectivity index (χ0v) is 15.9. The summed E-state index contributed by atoms with van der Waals surface area (Å²) < 4.78 is 2.18. The zero-order chi connectivity index (χ0) is 18.8. The summed E-state index contributed by atoms with van der Waals surface area (Å²) in [4.78, 5) is 12.1. The second kappa shape index (κ2) is 7.53. The predicted molar refractivity (Wildman–Crippen MR) is 109 cm³/mol. The van der Waals surface area contributed by atoms with Crippen LogP contribution >= 0.6 is 0 Å². The predicted octanol–water partition coefficient (Wildman–Crippen LogP) is 3.77. The van der Waals surface area contributed by atoms with Gasteiger partial charge in [-0.1, -0.05) is 18.2 Å². The molecule has 1 aromatic heterocycles. The van der Waals surface area contributed by atoms with Crippen LogP contribution in [0.25, 0.3) is 22.0 Å². The molecule has 140 valence electrons. The van der Waals surface area contributed by atoms with Gasteiger partial charge < -0.3 is 10.6 Å². The highest BCUT2D eigenvalue weighted by atomic mass is 16.1. The zero-order valence-electron chi connectivity index (χ0n) is 15.9. The molecular weight excluding hydrogens is 336 g/mol. The molecule has 0 unspecified atom stereocenters. The van der Waals surface area contributed by atoms with Gasteiger partial charge in [0.1, 0.15) is 0 Å². The van der Waals surface area contributed by atoms with Crippen molar-refractivity contribution in [2.45, 2.75) is 38.8 Å². The van der Waals surface area contributed by atoms with Crippen LogP contribution in [0.3, 0.4) is 0 Å². The number of carbonyl (C=O) groups excluding carboxylic acids is 1. The van der Waals surface area contributed by atoms with Crippen LogP contribution in [0, 0.1) is 0 Å². The van der Waals surface area contributed by atoms with Crippen molar-refractivity contribution in [3.05, 3.63) is 54.2 Å². The van der Waals surface area contributed by atoms with Gasteiger partial charge in [0.05, 0.1) is 17.8 Å². The average molecular weight is 362 g/mol. The van der Waals surface area contributed by atoms with Crippen LogP contribution in [0.1, 0.15) is 43.1 Å². The van der Waals surface area contributed by atoms with Crippen molar-refractivity contribution in [1.82, 2.24) is 20.4 Å². The Labute approximate surface area is 159 Å². The van der Waals surface area contributed by atoms with Gasteiger partial charge in [0.2, 0.25) is 0 Å². The molecule has 0 atom stereocenters. The van der Waals surface area contributed by atoms with Crippen LogP contribution in [0.15, 0.2) is 48.7 Å². The number of amides is 1. The lowest BCUT2D eigenvalue weighted by Crippen LogP contribution is -2.29. The quantitative estimate of drug-likeness (QED) is 0.743. The SMILES string of the molecule is CC(C)NC(=O)c1ccc(-c2ccc3c(cnn3C3CCNCC3)c2)cc1. The number of fused-ring (bicyclic) bond motifs is 1. The summed E-state index contributed by atoms with van der Waals surface area (Å²) in [5.41, 5.74) is 4.13. The van der Waals surface area contributed by atoms with Gasteiger partial charge in [0.25, 0.3) is 5.91 Å². The number of benzene rings is 2. The van der Waals surface area contributed by atoms with Crippen molar-refractivity contribution < 1.29 is 4.79 Å². The Hall–Kier alpha value is -2.66. The molecule has 0 radical (unpaired) electrons. The molecule has 1 amide bonds. The maximum Gasteiger partial charge on any atom is 0.251 e. The lowest BCUT2D eigenvalue weighted by molar-refractivity contribution is 0.0943. The maximum absolute atomic E-state index is 12.1. The monoisotopic (exact) mass is 362 g/mol. The molecule has 2 aromatic carbocycles. The molecule has 5 nitrogen and oxygen atoms in total. The largest absolute Gasteiger partial charge is 0.350 e. The van der Waals surface area contributed by atoms with Gasteiger partial charge in [-0.15, -0.1) is 0 Å². The lowest BCUT2D eigenvalue weighted by atomic mass is 10.0. The minimum atomic E-state index is -0.0322. The first-order chi connectivity index (χ1) is 13.1. The second-order valence-electron chi connectivity index (χ2n) is 7.55. The van der Waals surface area contributed by atoms with Crippen molar-refractivity contribution in [2.24, 2.45) is 0 Å². The summed E-state index contributed by atoms with van der Waals surface area (Å²) in [6.45, 7) is 6.04. The number of carbonyl (C=O) groups is 1. The van der Waals surface area contributed by atoms with Crippen LogP contribution in [0.2, 0.25) is 0 Å². The topological polar surface area (TPSA) is 59.0 Å². The fourth-order valence-corrected chi connectivity index (χ4v) is 3.73. The molecule has 27 heavy (non-hydrogen) atoms. The lowest BCUT2D eigenvalue weighted by Gasteiger charge is -2.23. The smallest absolute Gasteiger partial charge is 0.251 e. The molecule has 5 heteroatoms. The fourth-order valence-electron chi connectivity index (χ4n) is 3.73. The molecule has 2 N–H and O–H groups in total. The van der Waals surface area contributed by atoms with Gasteiger partial charge in [-0.2, -0.15) is 5.10 Å². The summed E-state index contributed by atoms with van der Waals surface area (Å²) in [5, 5.41) is 12.1. The summed E-state index contributed by atoms with van der Waals surface area (Å²) in [6.07, 6.45) is 4.21. The van der Waals surface area contributed by atoms with E-state index in [9.17, 15) is 4.79 Å². The number of nitrogens with zero attached hydrogens (tertiary/aromatic N) is 2. The second-order valence-corrected chi connectivity index (χ2v) is 7.55. The molecular formula is C22H26N4O. The number of rotatable bonds is 4. The van der Waals surface area contributed by atoms with E-state index >= 15 is 0 Å². The fraction of sp³-hybridized carbons (Fsp3) is 0.364. The normalized spacial score (nSPS) is 15.4. The molecule has 1 fully saturated rings. The minimum absolute atomic E-state index is 0.0322. The summed E-state index contributed by atoms with van der Waals surface area (Å²) >= 11 is 0. The average Bonchev–Trinajstić information content (AvgIpc) is 3.11. The van der Waals surface area contributed by atoms with Gasteiger partial charge in [-0.3, -0.25) is 9.48 Å². The molecule has 3 aromatic rings. The van der Waals surface area contributed by atoms with Crippen molar-refractivity contribution in [3.63, 3.8) is 0 Å².